The van der Waals surface area contributed by atoms with Crippen LogP contribution in [-0.4, -0.2) is 58.6 Å². The van der Waals surface area contributed by atoms with Gasteiger partial charge in [-0.25, -0.2) is 0 Å². The smallest absolute Gasteiger partial charge is 0.303 e. The van der Waals surface area contributed by atoms with Crippen molar-refractivity contribution in [1.82, 2.24) is 0 Å². The minimum atomic E-state index is -1.25. The molecular formula is C26H40O8. The fourth-order valence-corrected chi connectivity index (χ4v) is 7.09. The number of esters is 3. The van der Waals surface area contributed by atoms with Gasteiger partial charge in [0.2, 0.25) is 0 Å². The summed E-state index contributed by atoms with van der Waals surface area (Å²) in [6, 6.07) is 0. The molecule has 0 aromatic rings. The largest absolute Gasteiger partial charge is 0.465 e. The highest BCUT2D eigenvalue weighted by molar-refractivity contribution is 5.67. The third-order valence-electron chi connectivity index (χ3n) is 8.78. The number of aliphatic hydroxyl groups excluding tert-OH is 1. The number of aliphatic hydroxyl groups is 2. The molecule has 0 amide bonds. The van der Waals surface area contributed by atoms with Crippen molar-refractivity contribution in [2.75, 3.05) is 6.61 Å². The lowest BCUT2D eigenvalue weighted by Crippen LogP contribution is -2.60. The maximum atomic E-state index is 12.3. The Morgan fingerprint density at radius 1 is 1.06 bits per heavy atom. The topological polar surface area (TPSA) is 119 Å². The fraction of sp³-hybridized carbons (Fsp3) is 0.808. The first-order chi connectivity index (χ1) is 15.7. The van der Waals surface area contributed by atoms with E-state index < -0.39 is 53.2 Å². The van der Waals surface area contributed by atoms with Gasteiger partial charge in [0.05, 0.1) is 18.3 Å². The van der Waals surface area contributed by atoms with Gasteiger partial charge >= 0.3 is 17.9 Å². The van der Waals surface area contributed by atoms with Crippen molar-refractivity contribution in [2.24, 2.45) is 35.0 Å². The molecule has 0 bridgehead atoms. The van der Waals surface area contributed by atoms with Crippen LogP contribution >= 0.6 is 0 Å². The van der Waals surface area contributed by atoms with Crippen LogP contribution in [-0.2, 0) is 28.6 Å². The summed E-state index contributed by atoms with van der Waals surface area (Å²) in [5, 5.41) is 22.8. The molecule has 3 fully saturated rings. The Hall–Kier alpha value is -1.93. The van der Waals surface area contributed by atoms with Crippen LogP contribution in [0.3, 0.4) is 0 Å². The molecule has 0 aliphatic heterocycles. The van der Waals surface area contributed by atoms with Crippen molar-refractivity contribution in [3.05, 3.63) is 12.2 Å². The van der Waals surface area contributed by atoms with Crippen molar-refractivity contribution >= 4 is 17.9 Å². The zero-order valence-corrected chi connectivity index (χ0v) is 21.2. The van der Waals surface area contributed by atoms with Gasteiger partial charge in [-0.3, -0.25) is 14.4 Å². The molecule has 3 aliphatic rings. The Balaban J connectivity index is 2.25. The van der Waals surface area contributed by atoms with E-state index >= 15 is 0 Å². The number of carbonyl (C=O) groups excluding carboxylic acids is 3. The van der Waals surface area contributed by atoms with Crippen LogP contribution in [0.2, 0.25) is 0 Å². The van der Waals surface area contributed by atoms with Gasteiger partial charge in [0.25, 0.3) is 0 Å². The van der Waals surface area contributed by atoms with Crippen LogP contribution in [0.1, 0.15) is 67.2 Å². The molecule has 34 heavy (non-hydrogen) atoms. The van der Waals surface area contributed by atoms with Crippen molar-refractivity contribution < 1.29 is 38.8 Å². The first-order valence-electron chi connectivity index (χ1n) is 12.3. The van der Waals surface area contributed by atoms with Crippen molar-refractivity contribution in [1.29, 1.82) is 0 Å². The predicted octanol–water partition coefficient (Wildman–Crippen LogP) is 2.79. The number of fused-ring (bicyclic) bond motifs is 2. The SMILES string of the molecule is C=C1[C@@H](O)C[C@H]2[C@@H](C)[C@H](OC(C)=O)[C@H](OC(C)=O)[C@@H]3[C@](COC(C)=O)(CC[C@@]3(O)C(C)C)C[C@@H]12. The highest BCUT2D eigenvalue weighted by Crippen LogP contribution is 2.62. The number of ether oxygens (including phenoxy) is 3. The molecule has 0 aromatic heterocycles. The van der Waals surface area contributed by atoms with Crippen LogP contribution in [0, 0.1) is 35.0 Å². The van der Waals surface area contributed by atoms with E-state index in [1.807, 2.05) is 20.8 Å². The van der Waals surface area contributed by atoms with Crippen molar-refractivity contribution in [3.8, 4) is 0 Å². The molecule has 192 valence electrons. The average Bonchev–Trinajstić information content (AvgIpc) is 3.17. The van der Waals surface area contributed by atoms with E-state index in [-0.39, 0.29) is 30.3 Å². The van der Waals surface area contributed by atoms with E-state index in [1.165, 1.54) is 20.8 Å². The van der Waals surface area contributed by atoms with Gasteiger partial charge < -0.3 is 24.4 Å². The number of carbonyl (C=O) groups is 3. The molecule has 8 heteroatoms. The van der Waals surface area contributed by atoms with Crippen LogP contribution in [0.25, 0.3) is 0 Å². The third kappa shape index (κ3) is 4.63. The fourth-order valence-electron chi connectivity index (χ4n) is 7.09. The molecule has 2 N–H and O–H groups in total. The van der Waals surface area contributed by atoms with Gasteiger partial charge in [-0.2, -0.15) is 0 Å². The third-order valence-corrected chi connectivity index (χ3v) is 8.78. The molecule has 0 heterocycles. The number of rotatable bonds is 5. The lowest BCUT2D eigenvalue weighted by atomic mass is 9.58. The standard InChI is InChI=1S/C26H40O8/c1-13(2)26(31)9-8-25(12-32-16(5)27)11-20-14(3)21(30)10-19(20)15(4)22(33-17(6)28)23(24(25)26)34-18(7)29/h13,15,19-24,30-31H,3,8-12H2,1-2,4-7H3/t15-,19+,20+,21+,22+,23+,24-,25-,26-/m1/s1. The minimum Gasteiger partial charge on any atom is -0.465 e. The molecule has 0 spiro atoms. The molecule has 0 unspecified atom stereocenters. The second-order valence-corrected chi connectivity index (χ2v) is 11.1. The Morgan fingerprint density at radius 2 is 1.65 bits per heavy atom. The van der Waals surface area contributed by atoms with Crippen LogP contribution < -0.4 is 0 Å². The molecule has 3 aliphatic carbocycles. The zero-order valence-electron chi connectivity index (χ0n) is 21.2. The summed E-state index contributed by atoms with van der Waals surface area (Å²) in [5.41, 5.74) is -1.28. The Morgan fingerprint density at radius 3 is 2.18 bits per heavy atom. The first-order valence-corrected chi connectivity index (χ1v) is 12.3. The summed E-state index contributed by atoms with van der Waals surface area (Å²) in [7, 11) is 0. The molecular weight excluding hydrogens is 440 g/mol. The molecule has 0 saturated heterocycles. The summed E-state index contributed by atoms with van der Waals surface area (Å²) in [4.78, 5) is 36.5. The first kappa shape index (κ1) is 26.7. The minimum absolute atomic E-state index is 0.0353. The average molecular weight is 481 g/mol. The molecule has 3 rings (SSSR count). The van der Waals surface area contributed by atoms with Crippen LogP contribution in [0.4, 0.5) is 0 Å². The summed E-state index contributed by atoms with van der Waals surface area (Å²) in [6.45, 7) is 13.9. The molecule has 3 saturated carbocycles. The summed E-state index contributed by atoms with van der Waals surface area (Å²) in [5.74, 6) is -2.80. The van der Waals surface area contributed by atoms with Gasteiger partial charge in [0, 0.05) is 38.0 Å². The molecule has 0 aromatic carbocycles. The summed E-state index contributed by atoms with van der Waals surface area (Å²) in [6.07, 6.45) is -0.540. The number of hydrogen-bond donors (Lipinski definition) is 2. The van der Waals surface area contributed by atoms with Gasteiger partial charge in [0.15, 0.2) is 0 Å². The molecule has 0 radical (unpaired) electrons. The van der Waals surface area contributed by atoms with E-state index in [9.17, 15) is 24.6 Å². The normalized spacial score (nSPS) is 41.8. The van der Waals surface area contributed by atoms with E-state index in [0.717, 1.165) is 0 Å². The van der Waals surface area contributed by atoms with Gasteiger partial charge in [-0.15, -0.1) is 0 Å². The van der Waals surface area contributed by atoms with E-state index in [0.29, 0.717) is 31.3 Å². The van der Waals surface area contributed by atoms with E-state index in [2.05, 4.69) is 6.58 Å². The van der Waals surface area contributed by atoms with E-state index in [4.69, 9.17) is 14.2 Å². The van der Waals surface area contributed by atoms with Crippen molar-refractivity contribution in [3.63, 3.8) is 0 Å². The quantitative estimate of drug-likeness (QED) is 0.350. The summed E-state index contributed by atoms with van der Waals surface area (Å²) < 4.78 is 17.3. The van der Waals surface area contributed by atoms with Gasteiger partial charge in [-0.05, 0) is 49.0 Å². The lowest BCUT2D eigenvalue weighted by Gasteiger charge is -2.52. The maximum Gasteiger partial charge on any atom is 0.303 e. The second-order valence-electron chi connectivity index (χ2n) is 11.1. The summed E-state index contributed by atoms with van der Waals surface area (Å²) >= 11 is 0. The molecule has 8 nitrogen and oxygen atoms in total. The lowest BCUT2D eigenvalue weighted by molar-refractivity contribution is -0.210. The highest BCUT2D eigenvalue weighted by atomic mass is 16.6. The maximum absolute atomic E-state index is 12.3. The van der Waals surface area contributed by atoms with Crippen LogP contribution in [0.15, 0.2) is 12.2 Å². The van der Waals surface area contributed by atoms with Crippen LogP contribution in [0.5, 0.6) is 0 Å². The highest BCUT2D eigenvalue weighted by Gasteiger charge is 2.66. The van der Waals surface area contributed by atoms with Gasteiger partial charge in [0.1, 0.15) is 12.2 Å². The monoisotopic (exact) mass is 480 g/mol. The van der Waals surface area contributed by atoms with Crippen molar-refractivity contribution in [2.45, 2.75) is 91.1 Å². The Bertz CT molecular complexity index is 837. The Labute approximate surface area is 202 Å². The predicted molar refractivity (Wildman–Crippen MR) is 123 cm³/mol. The van der Waals surface area contributed by atoms with Gasteiger partial charge in [-0.1, -0.05) is 27.4 Å². The van der Waals surface area contributed by atoms with E-state index in [1.54, 1.807) is 0 Å². The molecule has 9 atom stereocenters. The second kappa shape index (κ2) is 9.61. The Kier molecular flexibility index (Phi) is 7.54. The zero-order chi connectivity index (χ0) is 25.6. The number of hydrogen-bond acceptors (Lipinski definition) is 8.